The first-order chi connectivity index (χ1) is 15.7. The highest BCUT2D eigenvalue weighted by atomic mass is 19.1. The van der Waals surface area contributed by atoms with Gasteiger partial charge in [0.2, 0.25) is 0 Å². The third-order valence-corrected chi connectivity index (χ3v) is 5.36. The lowest BCUT2D eigenvalue weighted by Crippen LogP contribution is -2.38. The number of nitrogens with one attached hydrogen (secondary N) is 1. The van der Waals surface area contributed by atoms with E-state index in [9.17, 15) is 23.6 Å². The van der Waals surface area contributed by atoms with E-state index in [1.54, 1.807) is 13.0 Å². The molecule has 33 heavy (non-hydrogen) atoms. The number of benzene rings is 1. The summed E-state index contributed by atoms with van der Waals surface area (Å²) in [4.78, 5) is 59.0. The highest BCUT2D eigenvalue weighted by Crippen LogP contribution is 2.20. The molecule has 0 spiro atoms. The molecule has 0 bridgehead atoms. The second-order valence-electron chi connectivity index (χ2n) is 7.39. The summed E-state index contributed by atoms with van der Waals surface area (Å²) in [5.41, 5.74) is -0.191. The van der Waals surface area contributed by atoms with Crippen LogP contribution < -0.4 is 16.6 Å². The van der Waals surface area contributed by atoms with Crippen LogP contribution in [0.25, 0.3) is 11.0 Å². The maximum absolute atomic E-state index is 13.2. The molecule has 0 unspecified atom stereocenters. The van der Waals surface area contributed by atoms with Crippen LogP contribution in [0.2, 0.25) is 0 Å². The van der Waals surface area contributed by atoms with Crippen LogP contribution in [-0.2, 0) is 14.1 Å². The number of nitrogens with zero attached hydrogens (tertiary/aromatic N) is 4. The number of hydrogen-bond acceptors (Lipinski definition) is 6. The third-order valence-electron chi connectivity index (χ3n) is 5.36. The largest absolute Gasteiger partial charge is 0.332 e. The Bertz CT molecular complexity index is 1550. The monoisotopic (exact) mass is 447 g/mol. The lowest BCUT2D eigenvalue weighted by molar-refractivity contribution is 0.102. The minimum atomic E-state index is -0.635. The number of anilines is 1. The molecular weight excluding hydrogens is 429 g/mol. The van der Waals surface area contributed by atoms with E-state index >= 15 is 0 Å². The Morgan fingerprint density at radius 2 is 1.67 bits per heavy atom. The van der Waals surface area contributed by atoms with E-state index in [1.807, 2.05) is 0 Å². The van der Waals surface area contributed by atoms with Gasteiger partial charge in [0, 0.05) is 32.1 Å². The normalized spacial score (nSPS) is 10.9. The van der Waals surface area contributed by atoms with Crippen LogP contribution in [0.1, 0.15) is 31.8 Å². The topological polar surface area (TPSA) is 116 Å². The first-order valence-corrected chi connectivity index (χ1v) is 9.82. The Balaban J connectivity index is 1.75. The van der Waals surface area contributed by atoms with Crippen LogP contribution >= 0.6 is 0 Å². The van der Waals surface area contributed by atoms with Gasteiger partial charge in [-0.25, -0.2) is 19.2 Å². The van der Waals surface area contributed by atoms with Gasteiger partial charge in [-0.05, 0) is 48.9 Å². The summed E-state index contributed by atoms with van der Waals surface area (Å²) < 4.78 is 15.4. The first-order valence-electron chi connectivity index (χ1n) is 9.82. The predicted molar refractivity (Wildman–Crippen MR) is 119 cm³/mol. The minimum absolute atomic E-state index is 0.00434. The lowest BCUT2D eigenvalue weighted by atomic mass is 10.0. The van der Waals surface area contributed by atoms with Crippen LogP contribution in [0.3, 0.4) is 0 Å². The maximum Gasteiger partial charge on any atom is 0.332 e. The molecule has 0 aliphatic carbocycles. The number of ketones is 1. The third kappa shape index (κ3) is 3.71. The smallest absolute Gasteiger partial charge is 0.306 e. The summed E-state index contributed by atoms with van der Waals surface area (Å²) in [7, 11) is 2.83. The summed E-state index contributed by atoms with van der Waals surface area (Å²) in [5.74, 6) is -1.56. The van der Waals surface area contributed by atoms with E-state index in [0.29, 0.717) is 5.56 Å². The standard InChI is InChI=1S/C23H18FN5O4/c1-12-16(11-26-20-17(12)22(32)29(3)23(33)28(20)2)21(31)27-19-15(5-4-10-25-19)18(30)13-6-8-14(24)9-7-13/h4-11H,1-3H3,(H,25,27,31). The van der Waals surface area contributed by atoms with Crippen LogP contribution in [0.5, 0.6) is 0 Å². The predicted octanol–water partition coefficient (Wildman–Crippen LogP) is 1.96. The van der Waals surface area contributed by atoms with Crippen LogP contribution in [0.15, 0.2) is 58.4 Å². The maximum atomic E-state index is 13.2. The highest BCUT2D eigenvalue weighted by Gasteiger charge is 2.21. The zero-order valence-electron chi connectivity index (χ0n) is 17.9. The van der Waals surface area contributed by atoms with E-state index in [0.717, 1.165) is 4.57 Å². The number of amides is 1. The van der Waals surface area contributed by atoms with Crippen molar-refractivity contribution in [3.8, 4) is 0 Å². The van der Waals surface area contributed by atoms with Crippen molar-refractivity contribution in [2.45, 2.75) is 6.92 Å². The molecule has 0 fully saturated rings. The number of hydrogen-bond donors (Lipinski definition) is 1. The average Bonchev–Trinajstić information content (AvgIpc) is 2.81. The Hall–Kier alpha value is -4.47. The number of rotatable bonds is 4. The molecule has 0 saturated carbocycles. The van der Waals surface area contributed by atoms with Crippen molar-refractivity contribution >= 4 is 28.5 Å². The van der Waals surface area contributed by atoms with Gasteiger partial charge in [0.05, 0.1) is 16.5 Å². The molecule has 3 heterocycles. The molecule has 0 atom stereocenters. The quantitative estimate of drug-likeness (QED) is 0.478. The minimum Gasteiger partial charge on any atom is -0.306 e. The number of fused-ring (bicyclic) bond motifs is 1. The van der Waals surface area contributed by atoms with E-state index < -0.39 is 28.8 Å². The van der Waals surface area contributed by atoms with Gasteiger partial charge in [0.25, 0.3) is 11.5 Å². The van der Waals surface area contributed by atoms with Crippen LogP contribution in [-0.4, -0.2) is 30.8 Å². The van der Waals surface area contributed by atoms with Crippen LogP contribution in [0.4, 0.5) is 10.2 Å². The van der Waals surface area contributed by atoms with Crippen molar-refractivity contribution < 1.29 is 14.0 Å². The number of carbonyl (C=O) groups is 2. The van der Waals surface area contributed by atoms with Gasteiger partial charge >= 0.3 is 5.69 Å². The molecule has 1 amide bonds. The van der Waals surface area contributed by atoms with Crippen molar-refractivity contribution in [3.63, 3.8) is 0 Å². The summed E-state index contributed by atoms with van der Waals surface area (Å²) >= 11 is 0. The molecule has 0 radical (unpaired) electrons. The molecule has 4 aromatic rings. The Kier molecular flexibility index (Phi) is 5.42. The Morgan fingerprint density at radius 1 is 0.970 bits per heavy atom. The Labute approximate surface area is 186 Å². The number of halogens is 1. The molecule has 1 aromatic carbocycles. The molecule has 1 N–H and O–H groups in total. The fourth-order valence-electron chi connectivity index (χ4n) is 3.52. The number of aryl methyl sites for hydroxylation is 2. The van der Waals surface area contributed by atoms with E-state index in [-0.39, 0.29) is 33.5 Å². The molecule has 0 aliphatic heterocycles. The Morgan fingerprint density at radius 3 is 2.36 bits per heavy atom. The SMILES string of the molecule is Cc1c(C(=O)Nc2ncccc2C(=O)c2ccc(F)cc2)cnc2c1c(=O)n(C)c(=O)n2C. The van der Waals surface area contributed by atoms with Crippen LogP contribution in [0, 0.1) is 12.7 Å². The fourth-order valence-corrected chi connectivity index (χ4v) is 3.52. The zero-order chi connectivity index (χ0) is 23.9. The summed E-state index contributed by atoms with van der Waals surface area (Å²) in [6.45, 7) is 1.58. The van der Waals surface area contributed by atoms with Gasteiger partial charge in [-0.1, -0.05) is 0 Å². The van der Waals surface area contributed by atoms with Crippen molar-refractivity contribution in [2.24, 2.45) is 14.1 Å². The summed E-state index contributed by atoms with van der Waals surface area (Å²) in [6, 6.07) is 8.05. The summed E-state index contributed by atoms with van der Waals surface area (Å²) in [5, 5.41) is 2.73. The van der Waals surface area contributed by atoms with E-state index in [1.165, 1.54) is 61.4 Å². The van der Waals surface area contributed by atoms with Crippen molar-refractivity contribution in [2.75, 3.05) is 5.32 Å². The second kappa shape index (κ2) is 8.23. The van der Waals surface area contributed by atoms with Gasteiger partial charge in [-0.3, -0.25) is 23.5 Å². The highest BCUT2D eigenvalue weighted by molar-refractivity contribution is 6.15. The average molecular weight is 447 g/mol. The number of pyridine rings is 2. The number of carbonyl (C=O) groups excluding carboxylic acids is 2. The lowest BCUT2D eigenvalue weighted by Gasteiger charge is -2.13. The van der Waals surface area contributed by atoms with Crippen molar-refractivity contribution in [3.05, 3.63) is 97.7 Å². The summed E-state index contributed by atoms with van der Waals surface area (Å²) in [6.07, 6.45) is 2.67. The van der Waals surface area contributed by atoms with E-state index in [4.69, 9.17) is 0 Å². The molecule has 9 nitrogen and oxygen atoms in total. The molecule has 3 aromatic heterocycles. The van der Waals surface area contributed by atoms with Gasteiger partial charge in [0.1, 0.15) is 17.3 Å². The molecular formula is C23H18FN5O4. The van der Waals surface area contributed by atoms with Gasteiger partial charge in [-0.2, -0.15) is 0 Å². The fraction of sp³-hybridized carbons (Fsp3) is 0.130. The molecule has 166 valence electrons. The molecule has 0 aliphatic rings. The van der Waals surface area contributed by atoms with Crippen molar-refractivity contribution in [1.29, 1.82) is 0 Å². The first kappa shape index (κ1) is 21.8. The molecule has 4 rings (SSSR count). The van der Waals surface area contributed by atoms with Gasteiger partial charge in [-0.15, -0.1) is 0 Å². The van der Waals surface area contributed by atoms with Gasteiger partial charge in [0.15, 0.2) is 5.78 Å². The van der Waals surface area contributed by atoms with Gasteiger partial charge < -0.3 is 5.32 Å². The molecule has 10 heteroatoms. The van der Waals surface area contributed by atoms with E-state index in [2.05, 4.69) is 15.3 Å². The second-order valence-corrected chi connectivity index (χ2v) is 7.39. The van der Waals surface area contributed by atoms with Crippen molar-refractivity contribution in [1.82, 2.24) is 19.1 Å². The molecule has 0 saturated heterocycles. The number of aromatic nitrogens is 4. The zero-order valence-corrected chi connectivity index (χ0v) is 17.9.